The largest absolute Gasteiger partial charge is 0.464 e. The Bertz CT molecular complexity index is 741. The smallest absolute Gasteiger partial charge is 0.358 e. The van der Waals surface area contributed by atoms with Crippen LogP contribution < -0.4 is 0 Å². The summed E-state index contributed by atoms with van der Waals surface area (Å²) in [4.78, 5) is 19.4. The molecule has 2 rings (SSSR count). The fourth-order valence-electron chi connectivity index (χ4n) is 1.67. The molecule has 116 valence electrons. The lowest BCUT2D eigenvalue weighted by Gasteiger charge is -2.10. The summed E-state index contributed by atoms with van der Waals surface area (Å²) in [7, 11) is 1.16. The molecule has 0 spiro atoms. The standard InChI is InChI=1S/C13H7Cl3F2N2O2/c1-22-13(21)10-5(14)2-3-7(20-10)11-9(16)8(12(17)18)6(15)4-19-11/h2-4,12H,1H3. The van der Waals surface area contributed by atoms with Gasteiger partial charge in [-0.15, -0.1) is 0 Å². The molecule has 0 fully saturated rings. The summed E-state index contributed by atoms with van der Waals surface area (Å²) in [5.74, 6) is -0.772. The Morgan fingerprint density at radius 1 is 1.23 bits per heavy atom. The number of rotatable bonds is 3. The zero-order valence-electron chi connectivity index (χ0n) is 10.9. The minimum Gasteiger partial charge on any atom is -0.464 e. The summed E-state index contributed by atoms with van der Waals surface area (Å²) in [6.07, 6.45) is -1.84. The highest BCUT2D eigenvalue weighted by Gasteiger charge is 2.23. The van der Waals surface area contributed by atoms with E-state index in [1.54, 1.807) is 0 Å². The third kappa shape index (κ3) is 3.14. The molecule has 0 bridgehead atoms. The molecule has 0 amide bonds. The number of esters is 1. The van der Waals surface area contributed by atoms with Crippen LogP contribution in [0.3, 0.4) is 0 Å². The minimum absolute atomic E-state index is 0.0387. The van der Waals surface area contributed by atoms with E-state index in [1.165, 1.54) is 12.1 Å². The first-order chi connectivity index (χ1) is 10.4. The number of ether oxygens (including phenoxy) is 1. The molecule has 0 N–H and O–H groups in total. The average molecular weight is 368 g/mol. The maximum absolute atomic E-state index is 13.0. The van der Waals surface area contributed by atoms with Crippen LogP contribution in [0.1, 0.15) is 22.5 Å². The van der Waals surface area contributed by atoms with Crippen LogP contribution in [0.25, 0.3) is 11.4 Å². The molecule has 0 unspecified atom stereocenters. The van der Waals surface area contributed by atoms with Crippen LogP contribution in [-0.2, 0) is 4.74 Å². The van der Waals surface area contributed by atoms with Crippen molar-refractivity contribution in [3.05, 3.63) is 44.7 Å². The normalized spacial score (nSPS) is 10.9. The van der Waals surface area contributed by atoms with E-state index in [0.29, 0.717) is 0 Å². The van der Waals surface area contributed by atoms with E-state index in [1.807, 2.05) is 0 Å². The quantitative estimate of drug-likeness (QED) is 0.729. The zero-order chi connectivity index (χ0) is 16.4. The van der Waals surface area contributed by atoms with E-state index < -0.39 is 18.0 Å². The van der Waals surface area contributed by atoms with E-state index in [4.69, 9.17) is 34.8 Å². The third-order valence-electron chi connectivity index (χ3n) is 2.69. The Hall–Kier alpha value is -1.50. The van der Waals surface area contributed by atoms with Gasteiger partial charge in [0.25, 0.3) is 6.43 Å². The second-order valence-electron chi connectivity index (χ2n) is 4.00. The van der Waals surface area contributed by atoms with Gasteiger partial charge >= 0.3 is 5.97 Å². The van der Waals surface area contributed by atoms with Gasteiger partial charge in [0.2, 0.25) is 0 Å². The number of nitrogens with zero attached hydrogens (tertiary/aromatic N) is 2. The number of methoxy groups -OCH3 is 1. The number of pyridine rings is 2. The third-order valence-corrected chi connectivity index (χ3v) is 3.68. The van der Waals surface area contributed by atoms with Gasteiger partial charge in [0, 0.05) is 6.20 Å². The van der Waals surface area contributed by atoms with Crippen molar-refractivity contribution in [3.63, 3.8) is 0 Å². The van der Waals surface area contributed by atoms with E-state index >= 15 is 0 Å². The van der Waals surface area contributed by atoms with Gasteiger partial charge in [-0.25, -0.2) is 18.6 Å². The number of alkyl halides is 2. The van der Waals surface area contributed by atoms with E-state index in [2.05, 4.69) is 14.7 Å². The van der Waals surface area contributed by atoms with E-state index in [0.717, 1.165) is 13.3 Å². The Morgan fingerprint density at radius 3 is 2.50 bits per heavy atom. The van der Waals surface area contributed by atoms with Gasteiger partial charge < -0.3 is 4.74 Å². The van der Waals surface area contributed by atoms with Crippen LogP contribution >= 0.6 is 34.8 Å². The predicted octanol–water partition coefficient (Wildman–Crippen LogP) is 4.83. The molecule has 0 aliphatic carbocycles. The number of halogens is 5. The maximum atomic E-state index is 13.0. The average Bonchev–Trinajstić information content (AvgIpc) is 2.47. The Morgan fingerprint density at radius 2 is 1.91 bits per heavy atom. The van der Waals surface area contributed by atoms with Gasteiger partial charge in [0.15, 0.2) is 5.69 Å². The van der Waals surface area contributed by atoms with Gasteiger partial charge in [-0.05, 0) is 12.1 Å². The van der Waals surface area contributed by atoms with Crippen molar-refractivity contribution in [1.82, 2.24) is 9.97 Å². The first-order valence-corrected chi connectivity index (χ1v) is 6.87. The van der Waals surface area contributed by atoms with E-state index in [9.17, 15) is 13.6 Å². The molecule has 2 aromatic rings. The van der Waals surface area contributed by atoms with Gasteiger partial charge in [0.05, 0.1) is 33.4 Å². The van der Waals surface area contributed by atoms with E-state index in [-0.39, 0.29) is 32.1 Å². The topological polar surface area (TPSA) is 52.1 Å². The second-order valence-corrected chi connectivity index (χ2v) is 5.19. The lowest BCUT2D eigenvalue weighted by Crippen LogP contribution is -2.06. The number of carbonyl (C=O) groups excluding carboxylic acids is 1. The number of carbonyl (C=O) groups is 1. The van der Waals surface area contributed by atoms with Crippen molar-refractivity contribution in [2.45, 2.75) is 6.43 Å². The van der Waals surface area contributed by atoms with Gasteiger partial charge in [-0.1, -0.05) is 34.8 Å². The summed E-state index contributed by atoms with van der Waals surface area (Å²) < 4.78 is 30.5. The van der Waals surface area contributed by atoms with Crippen molar-refractivity contribution in [2.24, 2.45) is 0 Å². The summed E-state index contributed by atoms with van der Waals surface area (Å²) in [5, 5.41) is -0.547. The number of hydrogen-bond acceptors (Lipinski definition) is 4. The highest BCUT2D eigenvalue weighted by atomic mass is 35.5. The summed E-state index contributed by atoms with van der Waals surface area (Å²) in [5.41, 5.74) is -0.672. The molecule has 0 saturated heterocycles. The molecule has 0 aliphatic rings. The fourth-order valence-corrected chi connectivity index (χ4v) is 2.46. The Balaban J connectivity index is 2.63. The lowest BCUT2D eigenvalue weighted by atomic mass is 10.1. The molecular weight excluding hydrogens is 361 g/mol. The van der Waals surface area contributed by atoms with Crippen molar-refractivity contribution in [2.75, 3.05) is 7.11 Å². The first kappa shape index (κ1) is 16.9. The van der Waals surface area contributed by atoms with Crippen molar-refractivity contribution >= 4 is 40.8 Å². The van der Waals surface area contributed by atoms with Crippen LogP contribution in [0, 0.1) is 0 Å². The second kappa shape index (κ2) is 6.73. The molecule has 2 aromatic heterocycles. The number of hydrogen-bond donors (Lipinski definition) is 0. The summed E-state index contributed by atoms with van der Waals surface area (Å²) in [6, 6.07) is 2.76. The van der Waals surface area contributed by atoms with Crippen LogP contribution in [0.4, 0.5) is 8.78 Å². The molecule has 0 aliphatic heterocycles. The van der Waals surface area contributed by atoms with Crippen LogP contribution in [0.2, 0.25) is 15.1 Å². The lowest BCUT2D eigenvalue weighted by molar-refractivity contribution is 0.0594. The van der Waals surface area contributed by atoms with Crippen molar-refractivity contribution in [1.29, 1.82) is 0 Å². The minimum atomic E-state index is -2.88. The van der Waals surface area contributed by atoms with Crippen molar-refractivity contribution in [3.8, 4) is 11.4 Å². The molecule has 4 nitrogen and oxygen atoms in total. The SMILES string of the molecule is COC(=O)c1nc(-c2ncc(Cl)c(C(F)F)c2Cl)ccc1Cl. The van der Waals surface area contributed by atoms with Gasteiger partial charge in [0.1, 0.15) is 5.69 Å². The highest BCUT2D eigenvalue weighted by molar-refractivity contribution is 6.37. The molecule has 0 aromatic carbocycles. The Kier molecular flexibility index (Phi) is 5.16. The molecule has 2 heterocycles. The zero-order valence-corrected chi connectivity index (χ0v) is 13.2. The monoisotopic (exact) mass is 366 g/mol. The first-order valence-electron chi connectivity index (χ1n) is 5.74. The maximum Gasteiger partial charge on any atom is 0.358 e. The number of aromatic nitrogens is 2. The molecule has 22 heavy (non-hydrogen) atoms. The van der Waals surface area contributed by atoms with Crippen LogP contribution in [0.15, 0.2) is 18.3 Å². The Labute approximate surface area is 139 Å². The highest BCUT2D eigenvalue weighted by Crippen LogP contribution is 2.38. The summed E-state index contributed by atoms with van der Waals surface area (Å²) in [6.45, 7) is 0. The molecule has 0 radical (unpaired) electrons. The van der Waals surface area contributed by atoms with Gasteiger partial charge in [-0.2, -0.15) is 0 Å². The molecule has 0 atom stereocenters. The van der Waals surface area contributed by atoms with Gasteiger partial charge in [-0.3, -0.25) is 4.98 Å². The predicted molar refractivity (Wildman–Crippen MR) is 78.8 cm³/mol. The van der Waals surface area contributed by atoms with Crippen LogP contribution in [-0.4, -0.2) is 23.0 Å². The molecular formula is C13H7Cl3F2N2O2. The molecule has 9 heteroatoms. The van der Waals surface area contributed by atoms with Crippen LogP contribution in [0.5, 0.6) is 0 Å². The fraction of sp³-hybridized carbons (Fsp3) is 0.154. The summed E-state index contributed by atoms with van der Waals surface area (Å²) >= 11 is 17.5. The molecule has 0 saturated carbocycles. The van der Waals surface area contributed by atoms with Crippen molar-refractivity contribution < 1.29 is 18.3 Å².